The van der Waals surface area contributed by atoms with Gasteiger partial charge in [0.25, 0.3) is 0 Å². The van der Waals surface area contributed by atoms with E-state index in [9.17, 15) is 4.79 Å². The van der Waals surface area contributed by atoms with E-state index in [2.05, 4.69) is 6.92 Å². The molecule has 15 heavy (non-hydrogen) atoms. The summed E-state index contributed by atoms with van der Waals surface area (Å²) in [6, 6.07) is 0. The first-order valence-corrected chi connectivity index (χ1v) is 6.32. The van der Waals surface area contributed by atoms with E-state index in [1.54, 1.807) is 0 Å². The van der Waals surface area contributed by atoms with Crippen molar-refractivity contribution in [2.45, 2.75) is 72.3 Å². The van der Waals surface area contributed by atoms with Gasteiger partial charge in [-0.15, -0.1) is 0 Å². The zero-order valence-electron chi connectivity index (χ0n) is 10.9. The summed E-state index contributed by atoms with van der Waals surface area (Å²) < 4.78 is 5.57. The molecule has 0 amide bonds. The van der Waals surface area contributed by atoms with Crippen molar-refractivity contribution in [3.8, 4) is 0 Å². The van der Waals surface area contributed by atoms with Crippen molar-refractivity contribution in [2.24, 2.45) is 5.92 Å². The van der Waals surface area contributed by atoms with Gasteiger partial charge in [-0.25, -0.2) is 0 Å². The van der Waals surface area contributed by atoms with Gasteiger partial charge in [0.2, 0.25) is 0 Å². The van der Waals surface area contributed by atoms with E-state index >= 15 is 0 Å². The van der Waals surface area contributed by atoms with Crippen LogP contribution in [0.5, 0.6) is 0 Å². The Morgan fingerprint density at radius 2 is 1.73 bits per heavy atom. The normalized spacial score (nSPS) is 18.3. The van der Waals surface area contributed by atoms with E-state index in [1.807, 2.05) is 27.7 Å². The Hall–Kier alpha value is -0.530. The third-order valence-corrected chi connectivity index (χ3v) is 2.95. The second-order valence-corrected chi connectivity index (χ2v) is 4.32. The lowest BCUT2D eigenvalue weighted by atomic mass is 9.98. The highest BCUT2D eigenvalue weighted by Gasteiger charge is 2.36. The van der Waals surface area contributed by atoms with Crippen molar-refractivity contribution in [2.75, 3.05) is 0 Å². The van der Waals surface area contributed by atoms with Crippen LogP contribution in [0.3, 0.4) is 0 Å². The Bertz CT molecular complexity index is 179. The maximum Gasteiger partial charge on any atom is 0.308 e. The molecule has 0 aromatic heterocycles. The second-order valence-electron chi connectivity index (χ2n) is 4.32. The van der Waals surface area contributed by atoms with Crippen molar-refractivity contribution >= 4 is 5.97 Å². The van der Waals surface area contributed by atoms with Gasteiger partial charge in [-0.2, -0.15) is 0 Å². The van der Waals surface area contributed by atoms with Gasteiger partial charge in [0.05, 0.1) is 5.92 Å². The van der Waals surface area contributed by atoms with Gasteiger partial charge in [0, 0.05) is 0 Å². The molecule has 1 rings (SSSR count). The van der Waals surface area contributed by atoms with Crippen LogP contribution >= 0.6 is 0 Å². The SMILES string of the molecule is CC.CCC1(OC(=O)C(C)C)CCCC1. The van der Waals surface area contributed by atoms with E-state index in [1.165, 1.54) is 12.8 Å². The Kier molecular flexibility index (Phi) is 6.62. The monoisotopic (exact) mass is 214 g/mol. The number of carbonyl (C=O) groups is 1. The van der Waals surface area contributed by atoms with Crippen LogP contribution in [0.4, 0.5) is 0 Å². The summed E-state index contributed by atoms with van der Waals surface area (Å²) in [5.74, 6) is -0.0345. The maximum atomic E-state index is 11.4. The first-order chi connectivity index (χ1) is 7.09. The van der Waals surface area contributed by atoms with Crippen molar-refractivity contribution < 1.29 is 9.53 Å². The molecule has 0 aromatic rings. The quantitative estimate of drug-likeness (QED) is 0.665. The Balaban J connectivity index is 0.000000921. The van der Waals surface area contributed by atoms with Crippen LogP contribution in [0.2, 0.25) is 0 Å². The fraction of sp³-hybridized carbons (Fsp3) is 0.923. The zero-order chi connectivity index (χ0) is 11.9. The van der Waals surface area contributed by atoms with Crippen molar-refractivity contribution in [1.29, 1.82) is 0 Å². The molecule has 2 heteroatoms. The molecule has 1 saturated carbocycles. The lowest BCUT2D eigenvalue weighted by Gasteiger charge is -2.28. The molecular formula is C13H26O2. The van der Waals surface area contributed by atoms with Gasteiger partial charge in [-0.1, -0.05) is 34.6 Å². The third kappa shape index (κ3) is 4.23. The fourth-order valence-corrected chi connectivity index (χ4v) is 1.88. The summed E-state index contributed by atoms with van der Waals surface area (Å²) in [5.41, 5.74) is -0.110. The first-order valence-electron chi connectivity index (χ1n) is 6.32. The molecule has 0 aliphatic heterocycles. The summed E-state index contributed by atoms with van der Waals surface area (Å²) in [6.45, 7) is 9.89. The molecule has 0 aromatic carbocycles. The van der Waals surface area contributed by atoms with Gasteiger partial charge in [0.15, 0.2) is 0 Å². The average molecular weight is 214 g/mol. The van der Waals surface area contributed by atoms with Crippen LogP contribution in [0, 0.1) is 5.92 Å². The fourth-order valence-electron chi connectivity index (χ4n) is 1.88. The van der Waals surface area contributed by atoms with Crippen LogP contribution in [0.1, 0.15) is 66.7 Å². The van der Waals surface area contributed by atoms with Gasteiger partial charge in [0.1, 0.15) is 5.60 Å². The lowest BCUT2D eigenvalue weighted by Crippen LogP contribution is -2.32. The highest BCUT2D eigenvalue weighted by Crippen LogP contribution is 2.36. The summed E-state index contributed by atoms with van der Waals surface area (Å²) >= 11 is 0. The molecule has 0 spiro atoms. The predicted octanol–water partition coefficient (Wildman–Crippen LogP) is 3.93. The zero-order valence-corrected chi connectivity index (χ0v) is 10.9. The smallest absolute Gasteiger partial charge is 0.308 e. The molecule has 1 aliphatic carbocycles. The standard InChI is InChI=1S/C11H20O2.C2H6/c1-4-11(7-5-6-8-11)13-10(12)9(2)3;1-2/h9H,4-8H2,1-3H3;1-2H3. The lowest BCUT2D eigenvalue weighted by molar-refractivity contribution is -0.163. The molecule has 0 saturated heterocycles. The van der Waals surface area contributed by atoms with Gasteiger partial charge >= 0.3 is 5.97 Å². The minimum atomic E-state index is -0.110. The molecule has 1 fully saturated rings. The number of rotatable bonds is 3. The number of ether oxygens (including phenoxy) is 1. The van der Waals surface area contributed by atoms with Crippen LogP contribution < -0.4 is 0 Å². The molecule has 2 nitrogen and oxygen atoms in total. The van der Waals surface area contributed by atoms with Gasteiger partial charge in [-0.05, 0) is 32.1 Å². The van der Waals surface area contributed by atoms with E-state index in [-0.39, 0.29) is 17.5 Å². The largest absolute Gasteiger partial charge is 0.459 e. The molecule has 1 aliphatic rings. The Morgan fingerprint density at radius 3 is 2.07 bits per heavy atom. The van der Waals surface area contributed by atoms with Gasteiger partial charge in [-0.3, -0.25) is 4.79 Å². The maximum absolute atomic E-state index is 11.4. The number of carbonyl (C=O) groups excluding carboxylic acids is 1. The van der Waals surface area contributed by atoms with Gasteiger partial charge < -0.3 is 4.74 Å². The molecular weight excluding hydrogens is 188 g/mol. The number of esters is 1. The molecule has 90 valence electrons. The molecule has 0 N–H and O–H groups in total. The minimum absolute atomic E-state index is 0.00373. The molecule has 0 radical (unpaired) electrons. The average Bonchev–Trinajstić information content (AvgIpc) is 2.70. The van der Waals surface area contributed by atoms with Crippen LogP contribution in [0.15, 0.2) is 0 Å². The highest BCUT2D eigenvalue weighted by atomic mass is 16.6. The highest BCUT2D eigenvalue weighted by molar-refractivity contribution is 5.72. The summed E-state index contributed by atoms with van der Waals surface area (Å²) in [7, 11) is 0. The Morgan fingerprint density at radius 1 is 1.27 bits per heavy atom. The van der Waals surface area contributed by atoms with E-state index in [0.29, 0.717) is 0 Å². The number of hydrogen-bond acceptors (Lipinski definition) is 2. The summed E-state index contributed by atoms with van der Waals surface area (Å²) in [5, 5.41) is 0. The van der Waals surface area contributed by atoms with E-state index < -0.39 is 0 Å². The molecule has 0 atom stereocenters. The number of hydrogen-bond donors (Lipinski definition) is 0. The van der Waals surface area contributed by atoms with Crippen molar-refractivity contribution in [3.63, 3.8) is 0 Å². The van der Waals surface area contributed by atoms with Crippen molar-refractivity contribution in [3.05, 3.63) is 0 Å². The molecule has 0 bridgehead atoms. The second kappa shape index (κ2) is 6.86. The molecule has 0 heterocycles. The predicted molar refractivity (Wildman–Crippen MR) is 63.8 cm³/mol. The van der Waals surface area contributed by atoms with Crippen LogP contribution in [-0.2, 0) is 9.53 Å². The van der Waals surface area contributed by atoms with E-state index in [0.717, 1.165) is 19.3 Å². The summed E-state index contributed by atoms with van der Waals surface area (Å²) in [4.78, 5) is 11.4. The van der Waals surface area contributed by atoms with Crippen LogP contribution in [-0.4, -0.2) is 11.6 Å². The third-order valence-electron chi connectivity index (χ3n) is 2.95. The summed E-state index contributed by atoms with van der Waals surface area (Å²) in [6.07, 6.45) is 5.49. The minimum Gasteiger partial charge on any atom is -0.459 e. The topological polar surface area (TPSA) is 26.3 Å². The van der Waals surface area contributed by atoms with E-state index in [4.69, 9.17) is 4.74 Å². The Labute approximate surface area is 94.4 Å². The first kappa shape index (κ1) is 14.5. The van der Waals surface area contributed by atoms with Crippen LogP contribution in [0.25, 0.3) is 0 Å². The van der Waals surface area contributed by atoms with Crippen molar-refractivity contribution in [1.82, 2.24) is 0 Å². The molecule has 0 unspecified atom stereocenters.